The molecule has 1 aromatic rings. The Morgan fingerprint density at radius 3 is 2.55 bits per heavy atom. The summed E-state index contributed by atoms with van der Waals surface area (Å²) >= 11 is 0. The van der Waals surface area contributed by atoms with Crippen molar-refractivity contribution in [2.24, 2.45) is 11.8 Å². The van der Waals surface area contributed by atoms with Crippen LogP contribution in [0.2, 0.25) is 0 Å². The fourth-order valence-electron chi connectivity index (χ4n) is 3.54. The number of aliphatic hydroxyl groups excluding tert-OH is 1. The van der Waals surface area contributed by atoms with E-state index in [1.807, 2.05) is 12.1 Å². The minimum Gasteiger partial charge on any atom is -0.496 e. The van der Waals surface area contributed by atoms with E-state index in [-0.39, 0.29) is 6.10 Å². The van der Waals surface area contributed by atoms with Gasteiger partial charge < -0.3 is 9.84 Å². The first kappa shape index (κ1) is 15.4. The molecule has 2 nitrogen and oxygen atoms in total. The van der Waals surface area contributed by atoms with Gasteiger partial charge in [0.05, 0.1) is 13.2 Å². The fraction of sp³-hybridized carbons (Fsp3) is 0.667. The summed E-state index contributed by atoms with van der Waals surface area (Å²) in [6.07, 6.45) is 7.06. The molecular weight excluding hydrogens is 248 g/mol. The summed E-state index contributed by atoms with van der Waals surface area (Å²) in [5.41, 5.74) is 2.14. The zero-order valence-electron chi connectivity index (χ0n) is 13.1. The molecule has 0 heterocycles. The fourth-order valence-corrected chi connectivity index (χ4v) is 3.54. The summed E-state index contributed by atoms with van der Waals surface area (Å²) in [4.78, 5) is 0. The molecule has 0 saturated heterocycles. The zero-order chi connectivity index (χ0) is 14.5. The van der Waals surface area contributed by atoms with Gasteiger partial charge in [-0.1, -0.05) is 44.2 Å². The summed E-state index contributed by atoms with van der Waals surface area (Å²) in [6.45, 7) is 4.33. The highest BCUT2D eigenvalue weighted by molar-refractivity contribution is 5.38. The predicted molar refractivity (Wildman–Crippen MR) is 83.0 cm³/mol. The highest BCUT2D eigenvalue weighted by Crippen LogP contribution is 2.40. The Balaban J connectivity index is 2.05. The number of rotatable bonds is 5. The molecule has 1 fully saturated rings. The third-order valence-electron chi connectivity index (χ3n) is 4.74. The second-order valence-electron chi connectivity index (χ2n) is 6.26. The lowest BCUT2D eigenvalue weighted by molar-refractivity contribution is 0.0701. The molecule has 1 aromatic carbocycles. The Hall–Kier alpha value is -1.02. The number of aryl methyl sites for hydroxylation is 1. The Labute approximate surface area is 123 Å². The summed E-state index contributed by atoms with van der Waals surface area (Å²) in [5, 5.41) is 10.7. The Kier molecular flexibility index (Phi) is 5.47. The van der Waals surface area contributed by atoms with E-state index in [2.05, 4.69) is 19.9 Å². The van der Waals surface area contributed by atoms with Crippen LogP contribution in [0.4, 0.5) is 0 Å². The minimum atomic E-state index is -0.382. The highest BCUT2D eigenvalue weighted by Gasteiger charge is 2.28. The van der Waals surface area contributed by atoms with E-state index in [1.54, 1.807) is 7.11 Å². The first-order valence-electron chi connectivity index (χ1n) is 7.98. The van der Waals surface area contributed by atoms with Crippen LogP contribution in [-0.4, -0.2) is 12.2 Å². The molecular formula is C18H28O2. The first-order chi connectivity index (χ1) is 9.65. The second-order valence-corrected chi connectivity index (χ2v) is 6.26. The number of benzene rings is 1. The topological polar surface area (TPSA) is 29.5 Å². The normalized spacial score (nSPS) is 24.4. The number of methoxy groups -OCH3 is 1. The lowest BCUT2D eigenvalue weighted by Crippen LogP contribution is -2.21. The van der Waals surface area contributed by atoms with E-state index in [1.165, 1.54) is 31.2 Å². The molecule has 20 heavy (non-hydrogen) atoms. The summed E-state index contributed by atoms with van der Waals surface area (Å²) < 4.78 is 5.41. The van der Waals surface area contributed by atoms with Gasteiger partial charge in [0.25, 0.3) is 0 Å². The van der Waals surface area contributed by atoms with Crippen LogP contribution in [0.25, 0.3) is 0 Å². The molecule has 1 unspecified atom stereocenters. The average molecular weight is 276 g/mol. The Morgan fingerprint density at radius 1 is 1.25 bits per heavy atom. The smallest absolute Gasteiger partial charge is 0.124 e. The molecule has 1 atom stereocenters. The summed E-state index contributed by atoms with van der Waals surface area (Å²) in [6, 6.07) is 6.07. The van der Waals surface area contributed by atoms with Gasteiger partial charge in [0, 0.05) is 5.56 Å². The van der Waals surface area contributed by atoms with Crippen molar-refractivity contribution in [2.75, 3.05) is 7.11 Å². The van der Waals surface area contributed by atoms with Crippen LogP contribution >= 0.6 is 0 Å². The average Bonchev–Trinajstić information content (AvgIpc) is 2.47. The van der Waals surface area contributed by atoms with E-state index in [4.69, 9.17) is 4.74 Å². The first-order valence-corrected chi connectivity index (χ1v) is 7.98. The van der Waals surface area contributed by atoms with Crippen molar-refractivity contribution in [2.45, 2.75) is 58.5 Å². The molecule has 0 radical (unpaired) electrons. The molecule has 0 aromatic heterocycles. The van der Waals surface area contributed by atoms with Gasteiger partial charge in [-0.25, -0.2) is 0 Å². The van der Waals surface area contributed by atoms with Crippen LogP contribution in [0.15, 0.2) is 18.2 Å². The second kappa shape index (κ2) is 7.12. The van der Waals surface area contributed by atoms with Crippen molar-refractivity contribution in [1.82, 2.24) is 0 Å². The number of aliphatic hydroxyl groups is 1. The third-order valence-corrected chi connectivity index (χ3v) is 4.74. The minimum absolute atomic E-state index is 0.382. The van der Waals surface area contributed by atoms with E-state index in [0.717, 1.165) is 30.1 Å². The van der Waals surface area contributed by atoms with E-state index in [9.17, 15) is 5.11 Å². The lowest BCUT2D eigenvalue weighted by atomic mass is 9.76. The van der Waals surface area contributed by atoms with Crippen LogP contribution in [0, 0.1) is 18.8 Å². The molecule has 0 spiro atoms. The van der Waals surface area contributed by atoms with Gasteiger partial charge in [0.2, 0.25) is 0 Å². The number of hydrogen-bond donors (Lipinski definition) is 1. The van der Waals surface area contributed by atoms with E-state index in [0.29, 0.717) is 5.92 Å². The Morgan fingerprint density at radius 2 is 1.95 bits per heavy atom. The molecule has 1 aliphatic rings. The lowest BCUT2D eigenvalue weighted by Gasteiger charge is -2.32. The van der Waals surface area contributed by atoms with Gasteiger partial charge in [0.15, 0.2) is 0 Å². The molecule has 1 aliphatic carbocycles. The van der Waals surface area contributed by atoms with Crippen molar-refractivity contribution < 1.29 is 9.84 Å². The van der Waals surface area contributed by atoms with Gasteiger partial charge in [-0.3, -0.25) is 0 Å². The van der Waals surface area contributed by atoms with Crippen LogP contribution in [-0.2, 0) is 0 Å². The largest absolute Gasteiger partial charge is 0.496 e. The molecule has 2 rings (SSSR count). The van der Waals surface area contributed by atoms with Crippen LogP contribution in [0.5, 0.6) is 5.75 Å². The van der Waals surface area contributed by atoms with Crippen LogP contribution in [0.1, 0.15) is 62.7 Å². The molecule has 0 aliphatic heterocycles. The Bertz CT molecular complexity index is 419. The quantitative estimate of drug-likeness (QED) is 0.848. The highest BCUT2D eigenvalue weighted by atomic mass is 16.5. The van der Waals surface area contributed by atoms with Crippen molar-refractivity contribution >= 4 is 0 Å². The predicted octanol–water partition coefficient (Wildman–Crippen LogP) is 4.64. The van der Waals surface area contributed by atoms with Gasteiger partial charge in [-0.05, 0) is 43.7 Å². The summed E-state index contributed by atoms with van der Waals surface area (Å²) in [7, 11) is 1.68. The number of hydrogen-bond acceptors (Lipinski definition) is 2. The SMILES string of the molecule is CCCC1CCC(C(O)c2cc(C)ccc2OC)CC1. The maximum Gasteiger partial charge on any atom is 0.124 e. The van der Waals surface area contributed by atoms with Crippen molar-refractivity contribution in [1.29, 1.82) is 0 Å². The molecule has 1 N–H and O–H groups in total. The molecule has 0 amide bonds. The standard InChI is InChI=1S/C18H28O2/c1-4-5-14-7-9-15(10-8-14)18(19)16-12-13(2)6-11-17(16)20-3/h6,11-12,14-15,18-19H,4-5,7-10H2,1-3H3. The third kappa shape index (κ3) is 3.54. The monoisotopic (exact) mass is 276 g/mol. The van der Waals surface area contributed by atoms with Crippen LogP contribution < -0.4 is 4.74 Å². The van der Waals surface area contributed by atoms with Crippen molar-refractivity contribution in [3.8, 4) is 5.75 Å². The van der Waals surface area contributed by atoms with Crippen molar-refractivity contribution in [3.05, 3.63) is 29.3 Å². The molecule has 1 saturated carbocycles. The maximum absolute atomic E-state index is 10.7. The van der Waals surface area contributed by atoms with E-state index >= 15 is 0 Å². The maximum atomic E-state index is 10.7. The van der Waals surface area contributed by atoms with Crippen LogP contribution in [0.3, 0.4) is 0 Å². The van der Waals surface area contributed by atoms with Gasteiger partial charge >= 0.3 is 0 Å². The molecule has 112 valence electrons. The van der Waals surface area contributed by atoms with E-state index < -0.39 is 0 Å². The molecule has 2 heteroatoms. The van der Waals surface area contributed by atoms with Gasteiger partial charge in [-0.15, -0.1) is 0 Å². The van der Waals surface area contributed by atoms with Crippen molar-refractivity contribution in [3.63, 3.8) is 0 Å². The van der Waals surface area contributed by atoms with Gasteiger partial charge in [-0.2, -0.15) is 0 Å². The zero-order valence-corrected chi connectivity index (χ0v) is 13.1. The summed E-state index contributed by atoms with van der Waals surface area (Å²) in [5.74, 6) is 2.08. The van der Waals surface area contributed by atoms with Gasteiger partial charge in [0.1, 0.15) is 5.75 Å². The molecule has 0 bridgehead atoms. The number of ether oxygens (including phenoxy) is 1.